The summed E-state index contributed by atoms with van der Waals surface area (Å²) in [7, 11) is 1.89. The van der Waals surface area contributed by atoms with Crippen LogP contribution in [0.5, 0.6) is 0 Å². The third-order valence-corrected chi connectivity index (χ3v) is 4.74. The van der Waals surface area contributed by atoms with Crippen molar-refractivity contribution >= 4 is 29.6 Å². The lowest BCUT2D eigenvalue weighted by molar-refractivity contribution is 0.177. The Kier molecular flexibility index (Phi) is 6.43. The molecule has 22 heavy (non-hydrogen) atoms. The van der Waals surface area contributed by atoms with Gasteiger partial charge in [0.15, 0.2) is 0 Å². The maximum absolute atomic E-state index is 4.51. The molecule has 1 aromatic heterocycles. The summed E-state index contributed by atoms with van der Waals surface area (Å²) in [5.74, 6) is 1.12. The van der Waals surface area contributed by atoms with Crippen LogP contribution in [-0.4, -0.2) is 48.9 Å². The van der Waals surface area contributed by atoms with Crippen LogP contribution in [-0.2, 0) is 6.54 Å². The molecule has 0 spiro atoms. The molecule has 0 saturated carbocycles. The number of hydrogen-bond donors (Lipinski definition) is 0. The molecule has 2 heterocycles. The molecule has 1 saturated heterocycles. The number of aliphatic imine (C=N–C) groups is 1. The van der Waals surface area contributed by atoms with Crippen LogP contribution >= 0.6 is 23.7 Å². The first-order valence-electron chi connectivity index (χ1n) is 7.38. The highest BCUT2D eigenvalue weighted by molar-refractivity contribution is 7.09. The molecule has 1 aliphatic heterocycles. The highest BCUT2D eigenvalue weighted by Crippen LogP contribution is 2.15. The van der Waals surface area contributed by atoms with Crippen LogP contribution in [0, 0.1) is 0 Å². The first-order chi connectivity index (χ1) is 10.4. The zero-order valence-corrected chi connectivity index (χ0v) is 14.4. The summed E-state index contributed by atoms with van der Waals surface area (Å²) >= 11 is 1.85. The van der Waals surface area contributed by atoms with Gasteiger partial charge >= 0.3 is 0 Å². The fourth-order valence-corrected chi connectivity index (χ4v) is 3.53. The fourth-order valence-electron chi connectivity index (χ4n) is 2.78. The van der Waals surface area contributed by atoms with Crippen LogP contribution in [0.1, 0.15) is 10.4 Å². The van der Waals surface area contributed by atoms with Crippen molar-refractivity contribution in [3.63, 3.8) is 0 Å². The largest absolute Gasteiger partial charge is 0.354 e. The minimum Gasteiger partial charge on any atom is -0.354 e. The SMILES string of the molecule is CN=C(c1ccccc1)N1CCN(Cc2cccs2)CC1.Cl. The molecule has 0 unspecified atom stereocenters. The van der Waals surface area contributed by atoms with Crippen molar-refractivity contribution in [3.05, 3.63) is 58.3 Å². The van der Waals surface area contributed by atoms with Crippen molar-refractivity contribution in [3.8, 4) is 0 Å². The Morgan fingerprint density at radius 1 is 1.05 bits per heavy atom. The summed E-state index contributed by atoms with van der Waals surface area (Å²) in [4.78, 5) is 10.9. The topological polar surface area (TPSA) is 18.8 Å². The van der Waals surface area contributed by atoms with Gasteiger partial charge in [0.2, 0.25) is 0 Å². The minimum absolute atomic E-state index is 0. The van der Waals surface area contributed by atoms with Gasteiger partial charge in [0.1, 0.15) is 5.84 Å². The Hall–Kier alpha value is -1.36. The normalized spacial score (nSPS) is 16.4. The van der Waals surface area contributed by atoms with Gasteiger partial charge in [-0.15, -0.1) is 23.7 Å². The van der Waals surface area contributed by atoms with E-state index in [1.165, 1.54) is 10.4 Å². The maximum atomic E-state index is 4.51. The van der Waals surface area contributed by atoms with Crippen molar-refractivity contribution in [2.75, 3.05) is 33.2 Å². The van der Waals surface area contributed by atoms with Gasteiger partial charge < -0.3 is 4.90 Å². The summed E-state index contributed by atoms with van der Waals surface area (Å²) in [5, 5.41) is 2.16. The van der Waals surface area contributed by atoms with Gasteiger partial charge in [-0.1, -0.05) is 36.4 Å². The van der Waals surface area contributed by atoms with E-state index in [-0.39, 0.29) is 12.4 Å². The zero-order chi connectivity index (χ0) is 14.5. The number of benzene rings is 1. The van der Waals surface area contributed by atoms with Crippen molar-refractivity contribution in [2.24, 2.45) is 4.99 Å². The molecule has 118 valence electrons. The van der Waals surface area contributed by atoms with Crippen LogP contribution in [0.15, 0.2) is 52.8 Å². The number of piperazine rings is 1. The predicted octanol–water partition coefficient (Wildman–Crippen LogP) is 3.36. The molecule has 1 aromatic carbocycles. The minimum atomic E-state index is 0. The summed E-state index contributed by atoms with van der Waals surface area (Å²) in [6.07, 6.45) is 0. The van der Waals surface area contributed by atoms with Gasteiger partial charge in [-0.25, -0.2) is 0 Å². The van der Waals surface area contributed by atoms with E-state index in [2.05, 4.69) is 62.6 Å². The molecule has 1 fully saturated rings. The van der Waals surface area contributed by atoms with Gasteiger partial charge in [0.05, 0.1) is 0 Å². The second kappa shape index (κ2) is 8.32. The van der Waals surface area contributed by atoms with Crippen LogP contribution in [0.25, 0.3) is 0 Å². The molecule has 5 heteroatoms. The number of rotatable bonds is 3. The molecule has 1 aliphatic rings. The standard InChI is InChI=1S/C17H21N3S.ClH/c1-18-17(15-6-3-2-4-7-15)20-11-9-19(10-12-20)14-16-8-5-13-21-16;/h2-8,13H,9-12,14H2,1H3;1H. The second-order valence-electron chi connectivity index (χ2n) is 5.26. The van der Waals surface area contributed by atoms with E-state index in [9.17, 15) is 0 Å². The third-order valence-electron chi connectivity index (χ3n) is 3.88. The Bertz CT molecular complexity index is 575. The molecule has 3 nitrogen and oxygen atoms in total. The average Bonchev–Trinajstić information content (AvgIpc) is 3.04. The number of nitrogens with zero attached hydrogens (tertiary/aromatic N) is 3. The molecule has 0 radical (unpaired) electrons. The van der Waals surface area contributed by atoms with Gasteiger partial charge in [0, 0.05) is 50.2 Å². The predicted molar refractivity (Wildman–Crippen MR) is 97.3 cm³/mol. The van der Waals surface area contributed by atoms with Crippen molar-refractivity contribution in [1.82, 2.24) is 9.80 Å². The summed E-state index contributed by atoms with van der Waals surface area (Å²) in [5.41, 5.74) is 1.21. The number of halogens is 1. The molecule has 0 aliphatic carbocycles. The number of amidine groups is 1. The highest BCUT2D eigenvalue weighted by atomic mass is 35.5. The van der Waals surface area contributed by atoms with Crippen molar-refractivity contribution < 1.29 is 0 Å². The van der Waals surface area contributed by atoms with Crippen LogP contribution < -0.4 is 0 Å². The van der Waals surface area contributed by atoms with E-state index in [1.807, 2.05) is 18.4 Å². The van der Waals surface area contributed by atoms with Gasteiger partial charge in [-0.05, 0) is 11.4 Å². The zero-order valence-electron chi connectivity index (χ0n) is 12.8. The Morgan fingerprint density at radius 3 is 2.36 bits per heavy atom. The maximum Gasteiger partial charge on any atom is 0.130 e. The average molecular weight is 336 g/mol. The molecule has 3 rings (SSSR count). The summed E-state index contributed by atoms with van der Waals surface area (Å²) < 4.78 is 0. The highest BCUT2D eigenvalue weighted by Gasteiger charge is 2.20. The lowest BCUT2D eigenvalue weighted by Crippen LogP contribution is -2.48. The molecule has 0 bridgehead atoms. The Morgan fingerprint density at radius 2 is 1.77 bits per heavy atom. The van der Waals surface area contributed by atoms with Crippen LogP contribution in [0.4, 0.5) is 0 Å². The molecule has 0 amide bonds. The summed E-state index contributed by atoms with van der Waals surface area (Å²) in [6, 6.07) is 14.8. The fraction of sp³-hybridized carbons (Fsp3) is 0.353. The van der Waals surface area contributed by atoms with Gasteiger partial charge in [-0.3, -0.25) is 9.89 Å². The van der Waals surface area contributed by atoms with Crippen molar-refractivity contribution in [1.29, 1.82) is 0 Å². The number of thiophene rings is 1. The first-order valence-corrected chi connectivity index (χ1v) is 8.26. The number of hydrogen-bond acceptors (Lipinski definition) is 3. The van der Waals surface area contributed by atoms with E-state index in [1.54, 1.807) is 0 Å². The Labute approximate surface area is 142 Å². The first kappa shape index (κ1) is 17.0. The van der Waals surface area contributed by atoms with Crippen LogP contribution in [0.2, 0.25) is 0 Å². The molecular weight excluding hydrogens is 314 g/mol. The Balaban J connectivity index is 0.00000176. The van der Waals surface area contributed by atoms with Gasteiger partial charge in [-0.2, -0.15) is 0 Å². The monoisotopic (exact) mass is 335 g/mol. The smallest absolute Gasteiger partial charge is 0.130 e. The molecule has 0 N–H and O–H groups in total. The van der Waals surface area contributed by atoms with Crippen molar-refractivity contribution in [2.45, 2.75) is 6.54 Å². The molecular formula is C17H22ClN3S. The van der Waals surface area contributed by atoms with E-state index in [0.29, 0.717) is 0 Å². The van der Waals surface area contributed by atoms with E-state index >= 15 is 0 Å². The van der Waals surface area contributed by atoms with E-state index < -0.39 is 0 Å². The third kappa shape index (κ3) is 4.09. The van der Waals surface area contributed by atoms with E-state index in [0.717, 1.165) is 38.6 Å². The second-order valence-corrected chi connectivity index (χ2v) is 6.29. The van der Waals surface area contributed by atoms with E-state index in [4.69, 9.17) is 0 Å². The summed E-state index contributed by atoms with van der Waals surface area (Å²) in [6.45, 7) is 5.38. The molecule has 2 aromatic rings. The lowest BCUT2D eigenvalue weighted by atomic mass is 10.1. The van der Waals surface area contributed by atoms with Gasteiger partial charge in [0.25, 0.3) is 0 Å². The lowest BCUT2D eigenvalue weighted by Gasteiger charge is -2.36. The quantitative estimate of drug-likeness (QED) is 0.632. The molecule has 0 atom stereocenters. The van der Waals surface area contributed by atoms with Crippen LogP contribution in [0.3, 0.4) is 0 Å².